The highest BCUT2D eigenvalue weighted by Gasteiger charge is 2.25. The SMILES string of the molecule is CN(C(=O)OC(C)(C)C)C1CNCCN1. The number of nitrogens with zero attached hydrogens (tertiary/aromatic N) is 1. The first-order chi connectivity index (χ1) is 6.90. The van der Waals surface area contributed by atoms with Gasteiger partial charge in [-0.3, -0.25) is 10.2 Å². The van der Waals surface area contributed by atoms with Crippen molar-refractivity contribution in [1.82, 2.24) is 15.5 Å². The highest BCUT2D eigenvalue weighted by Crippen LogP contribution is 2.10. The molecule has 0 aromatic rings. The van der Waals surface area contributed by atoms with Gasteiger partial charge in [0.1, 0.15) is 5.60 Å². The molecule has 1 atom stereocenters. The van der Waals surface area contributed by atoms with Crippen molar-refractivity contribution in [2.24, 2.45) is 0 Å². The topological polar surface area (TPSA) is 53.6 Å². The van der Waals surface area contributed by atoms with Gasteiger partial charge in [-0.25, -0.2) is 4.79 Å². The monoisotopic (exact) mass is 215 g/mol. The third-order valence-corrected chi connectivity index (χ3v) is 2.17. The van der Waals surface area contributed by atoms with Gasteiger partial charge < -0.3 is 10.1 Å². The Morgan fingerprint density at radius 3 is 2.53 bits per heavy atom. The number of amides is 1. The maximum Gasteiger partial charge on any atom is 0.411 e. The van der Waals surface area contributed by atoms with E-state index in [-0.39, 0.29) is 12.3 Å². The molecule has 0 aliphatic carbocycles. The highest BCUT2D eigenvalue weighted by atomic mass is 16.6. The van der Waals surface area contributed by atoms with Gasteiger partial charge in [-0.1, -0.05) is 0 Å². The Hall–Kier alpha value is -0.810. The van der Waals surface area contributed by atoms with Crippen molar-refractivity contribution in [3.63, 3.8) is 0 Å². The summed E-state index contributed by atoms with van der Waals surface area (Å²) in [6, 6.07) is 0. The Morgan fingerprint density at radius 2 is 2.07 bits per heavy atom. The largest absolute Gasteiger partial charge is 0.444 e. The average molecular weight is 215 g/mol. The van der Waals surface area contributed by atoms with E-state index in [0.717, 1.165) is 19.6 Å². The van der Waals surface area contributed by atoms with Crippen molar-refractivity contribution in [2.75, 3.05) is 26.7 Å². The van der Waals surface area contributed by atoms with Gasteiger partial charge in [0.15, 0.2) is 0 Å². The molecule has 2 N–H and O–H groups in total. The summed E-state index contributed by atoms with van der Waals surface area (Å²) in [4.78, 5) is 13.3. The molecule has 1 unspecified atom stereocenters. The molecule has 0 aromatic carbocycles. The lowest BCUT2D eigenvalue weighted by Crippen LogP contribution is -2.58. The van der Waals surface area contributed by atoms with Crippen LogP contribution in [-0.4, -0.2) is 49.4 Å². The van der Waals surface area contributed by atoms with Gasteiger partial charge >= 0.3 is 6.09 Å². The van der Waals surface area contributed by atoms with Gasteiger partial charge in [0, 0.05) is 26.7 Å². The molecular weight excluding hydrogens is 194 g/mol. The summed E-state index contributed by atoms with van der Waals surface area (Å²) in [6.45, 7) is 8.17. The highest BCUT2D eigenvalue weighted by molar-refractivity contribution is 5.68. The Labute approximate surface area is 91.2 Å². The van der Waals surface area contributed by atoms with Crippen molar-refractivity contribution in [3.8, 4) is 0 Å². The quantitative estimate of drug-likeness (QED) is 0.663. The molecule has 0 radical (unpaired) electrons. The van der Waals surface area contributed by atoms with E-state index in [0.29, 0.717) is 0 Å². The van der Waals surface area contributed by atoms with E-state index < -0.39 is 5.60 Å². The minimum Gasteiger partial charge on any atom is -0.444 e. The van der Waals surface area contributed by atoms with Gasteiger partial charge in [-0.15, -0.1) is 0 Å². The van der Waals surface area contributed by atoms with Crippen LogP contribution in [0.3, 0.4) is 0 Å². The lowest BCUT2D eigenvalue weighted by atomic mass is 10.2. The fourth-order valence-corrected chi connectivity index (χ4v) is 1.37. The number of rotatable bonds is 1. The Bertz CT molecular complexity index is 219. The molecule has 15 heavy (non-hydrogen) atoms. The van der Waals surface area contributed by atoms with Crippen molar-refractivity contribution >= 4 is 6.09 Å². The van der Waals surface area contributed by atoms with Crippen LogP contribution in [0.5, 0.6) is 0 Å². The van der Waals surface area contributed by atoms with E-state index >= 15 is 0 Å². The minimum absolute atomic E-state index is 0.0219. The molecule has 1 rings (SSSR count). The second-order valence-corrected chi connectivity index (χ2v) is 4.77. The molecule has 0 aromatic heterocycles. The van der Waals surface area contributed by atoms with Crippen LogP contribution in [0.2, 0.25) is 0 Å². The first kappa shape index (κ1) is 12.3. The van der Waals surface area contributed by atoms with E-state index in [1.807, 2.05) is 20.8 Å². The standard InChI is InChI=1S/C10H21N3O2/c1-10(2,3)15-9(14)13(4)8-7-11-5-6-12-8/h8,11-12H,5-7H2,1-4H3. The minimum atomic E-state index is -0.437. The summed E-state index contributed by atoms with van der Waals surface area (Å²) in [7, 11) is 1.75. The predicted octanol–water partition coefficient (Wildman–Crippen LogP) is 0.372. The number of ether oxygens (including phenoxy) is 1. The number of carbonyl (C=O) groups excluding carboxylic acids is 1. The van der Waals surface area contributed by atoms with Crippen LogP contribution in [0.15, 0.2) is 0 Å². The summed E-state index contributed by atoms with van der Waals surface area (Å²) >= 11 is 0. The van der Waals surface area contributed by atoms with E-state index in [9.17, 15) is 4.79 Å². The van der Waals surface area contributed by atoms with Crippen LogP contribution in [0.4, 0.5) is 4.79 Å². The summed E-state index contributed by atoms with van der Waals surface area (Å²) in [5.74, 6) is 0. The normalized spacial score (nSPS) is 22.3. The fourth-order valence-electron chi connectivity index (χ4n) is 1.37. The predicted molar refractivity (Wildman–Crippen MR) is 58.7 cm³/mol. The molecule has 0 bridgehead atoms. The molecule has 1 heterocycles. The molecule has 5 heteroatoms. The van der Waals surface area contributed by atoms with Crippen LogP contribution in [0.1, 0.15) is 20.8 Å². The number of nitrogens with one attached hydrogen (secondary N) is 2. The van der Waals surface area contributed by atoms with E-state index in [4.69, 9.17) is 4.74 Å². The molecule has 1 amide bonds. The second-order valence-electron chi connectivity index (χ2n) is 4.77. The molecule has 1 aliphatic heterocycles. The zero-order valence-corrected chi connectivity index (χ0v) is 9.96. The van der Waals surface area contributed by atoms with E-state index in [2.05, 4.69) is 10.6 Å². The van der Waals surface area contributed by atoms with Crippen LogP contribution < -0.4 is 10.6 Å². The molecule has 1 aliphatic rings. The molecule has 1 saturated heterocycles. The number of piperazine rings is 1. The summed E-state index contributed by atoms with van der Waals surface area (Å²) in [6.07, 6.45) is -0.266. The van der Waals surface area contributed by atoms with Crippen molar-refractivity contribution < 1.29 is 9.53 Å². The van der Waals surface area contributed by atoms with E-state index in [1.165, 1.54) is 0 Å². The molecular formula is C10H21N3O2. The molecule has 1 fully saturated rings. The van der Waals surface area contributed by atoms with Crippen LogP contribution in [0.25, 0.3) is 0 Å². The van der Waals surface area contributed by atoms with Gasteiger partial charge in [0.25, 0.3) is 0 Å². The fraction of sp³-hybridized carbons (Fsp3) is 0.900. The smallest absolute Gasteiger partial charge is 0.411 e. The number of carbonyl (C=O) groups is 1. The van der Waals surface area contributed by atoms with Crippen LogP contribution in [-0.2, 0) is 4.74 Å². The maximum absolute atomic E-state index is 11.7. The first-order valence-corrected chi connectivity index (χ1v) is 5.30. The summed E-state index contributed by atoms with van der Waals surface area (Å²) in [5.41, 5.74) is -0.437. The Morgan fingerprint density at radius 1 is 1.40 bits per heavy atom. The average Bonchev–Trinajstić information content (AvgIpc) is 2.15. The van der Waals surface area contributed by atoms with Crippen molar-refractivity contribution in [3.05, 3.63) is 0 Å². The zero-order valence-electron chi connectivity index (χ0n) is 9.96. The van der Waals surface area contributed by atoms with E-state index in [1.54, 1.807) is 11.9 Å². The van der Waals surface area contributed by atoms with Crippen LogP contribution >= 0.6 is 0 Å². The Kier molecular flexibility index (Phi) is 3.93. The van der Waals surface area contributed by atoms with Crippen LogP contribution in [0, 0.1) is 0 Å². The maximum atomic E-state index is 11.7. The molecule has 0 spiro atoms. The molecule has 88 valence electrons. The lowest BCUT2D eigenvalue weighted by molar-refractivity contribution is 0.0177. The summed E-state index contributed by atoms with van der Waals surface area (Å²) in [5, 5.41) is 6.47. The van der Waals surface area contributed by atoms with Crippen molar-refractivity contribution in [2.45, 2.75) is 32.5 Å². The molecule has 5 nitrogen and oxygen atoms in total. The van der Waals surface area contributed by atoms with Gasteiger partial charge in [0.2, 0.25) is 0 Å². The van der Waals surface area contributed by atoms with Gasteiger partial charge in [-0.05, 0) is 20.8 Å². The zero-order chi connectivity index (χ0) is 11.5. The number of hydrogen-bond donors (Lipinski definition) is 2. The third kappa shape index (κ3) is 4.05. The second kappa shape index (κ2) is 4.81. The molecule has 0 saturated carbocycles. The van der Waals surface area contributed by atoms with Gasteiger partial charge in [0.05, 0.1) is 6.17 Å². The van der Waals surface area contributed by atoms with Crippen molar-refractivity contribution in [1.29, 1.82) is 0 Å². The van der Waals surface area contributed by atoms with Gasteiger partial charge in [-0.2, -0.15) is 0 Å². The number of likely N-dealkylation sites (N-methyl/N-ethyl adjacent to an activating group) is 1. The summed E-state index contributed by atoms with van der Waals surface area (Å²) < 4.78 is 5.27. The number of hydrogen-bond acceptors (Lipinski definition) is 4. The first-order valence-electron chi connectivity index (χ1n) is 5.30. The lowest BCUT2D eigenvalue weighted by Gasteiger charge is -2.33. The third-order valence-electron chi connectivity index (χ3n) is 2.17. The Balaban J connectivity index is 2.44.